The number of non-ortho nitro benzene ring substituents is 1. The number of nitro groups is 1. The van der Waals surface area contributed by atoms with Crippen molar-refractivity contribution in [3.8, 4) is 0 Å². The van der Waals surface area contributed by atoms with Gasteiger partial charge in [-0.3, -0.25) is 14.9 Å². The molecular formula is C11H11N5O4. The second-order valence-corrected chi connectivity index (χ2v) is 3.77. The molecule has 0 fully saturated rings. The van der Waals surface area contributed by atoms with E-state index >= 15 is 0 Å². The lowest BCUT2D eigenvalue weighted by molar-refractivity contribution is -0.383. The van der Waals surface area contributed by atoms with Crippen LogP contribution in [-0.2, 0) is 4.79 Å². The van der Waals surface area contributed by atoms with E-state index in [1.807, 2.05) is 0 Å². The van der Waals surface area contributed by atoms with Crippen molar-refractivity contribution in [3.63, 3.8) is 0 Å². The molecule has 104 valence electrons. The van der Waals surface area contributed by atoms with Gasteiger partial charge in [0.1, 0.15) is 0 Å². The van der Waals surface area contributed by atoms with E-state index < -0.39 is 4.92 Å². The molecule has 0 saturated carbocycles. The number of benzene rings is 1. The number of carbonyl (C=O) groups is 1. The van der Waals surface area contributed by atoms with Crippen molar-refractivity contribution in [1.82, 2.24) is 15.6 Å². The van der Waals surface area contributed by atoms with Gasteiger partial charge in [0.05, 0.1) is 10.6 Å². The fraction of sp³-hybridized carbons (Fsp3) is 0.182. The summed E-state index contributed by atoms with van der Waals surface area (Å²) in [6.45, 7) is 4.12. The van der Waals surface area contributed by atoms with Gasteiger partial charge in [-0.05, 0) is 22.5 Å². The van der Waals surface area contributed by atoms with Gasteiger partial charge in [-0.1, -0.05) is 6.58 Å². The van der Waals surface area contributed by atoms with E-state index in [2.05, 4.69) is 32.2 Å². The quantitative estimate of drug-likeness (QED) is 0.347. The number of rotatable bonds is 6. The highest BCUT2D eigenvalue weighted by atomic mass is 16.6. The second-order valence-electron chi connectivity index (χ2n) is 3.77. The molecule has 0 aliphatic rings. The Kier molecular flexibility index (Phi) is 3.89. The molecule has 0 spiro atoms. The van der Waals surface area contributed by atoms with Gasteiger partial charge in [-0.15, -0.1) is 0 Å². The van der Waals surface area contributed by atoms with Crippen molar-refractivity contribution in [3.05, 3.63) is 34.9 Å². The lowest BCUT2D eigenvalue weighted by Crippen LogP contribution is -2.26. The van der Waals surface area contributed by atoms with Gasteiger partial charge in [0.25, 0.3) is 0 Å². The standard InChI is InChI=1S/C11H11N5O4/c1-2-9(17)13-6-5-12-7-3-4-8(16(18)19)11-10(7)14-20-15-11/h2-4,12H,1,5-6H2,(H,13,17). The maximum absolute atomic E-state index is 10.9. The van der Waals surface area contributed by atoms with Crippen LogP contribution < -0.4 is 10.6 Å². The number of anilines is 1. The minimum absolute atomic E-state index is 0.0788. The third-order valence-corrected chi connectivity index (χ3v) is 2.52. The maximum atomic E-state index is 10.9. The molecule has 0 radical (unpaired) electrons. The summed E-state index contributed by atoms with van der Waals surface area (Å²) in [6, 6.07) is 2.83. The predicted molar refractivity (Wildman–Crippen MR) is 70.2 cm³/mol. The Labute approximate surface area is 112 Å². The van der Waals surface area contributed by atoms with Crippen molar-refractivity contribution >= 4 is 28.3 Å². The van der Waals surface area contributed by atoms with Gasteiger partial charge < -0.3 is 10.6 Å². The lowest BCUT2D eigenvalue weighted by atomic mass is 10.2. The van der Waals surface area contributed by atoms with Crippen molar-refractivity contribution in [1.29, 1.82) is 0 Å². The summed E-state index contributed by atoms with van der Waals surface area (Å²) < 4.78 is 4.53. The first kappa shape index (κ1) is 13.5. The van der Waals surface area contributed by atoms with Crippen LogP contribution in [0.3, 0.4) is 0 Å². The molecule has 1 heterocycles. The van der Waals surface area contributed by atoms with Crippen LogP contribution in [0.5, 0.6) is 0 Å². The van der Waals surface area contributed by atoms with Crippen LogP contribution in [0, 0.1) is 10.1 Å². The van der Waals surface area contributed by atoms with Crippen LogP contribution in [0.15, 0.2) is 29.4 Å². The normalized spacial score (nSPS) is 10.2. The Morgan fingerprint density at radius 1 is 1.40 bits per heavy atom. The minimum Gasteiger partial charge on any atom is -0.381 e. The first-order valence-corrected chi connectivity index (χ1v) is 5.67. The van der Waals surface area contributed by atoms with Crippen LogP contribution in [0.1, 0.15) is 0 Å². The van der Waals surface area contributed by atoms with Gasteiger partial charge in [-0.25, -0.2) is 4.63 Å². The number of hydrogen-bond acceptors (Lipinski definition) is 7. The van der Waals surface area contributed by atoms with Crippen LogP contribution in [-0.4, -0.2) is 34.2 Å². The molecule has 9 heteroatoms. The fourth-order valence-electron chi connectivity index (χ4n) is 1.60. The number of hydrogen-bond donors (Lipinski definition) is 2. The van der Waals surface area contributed by atoms with Gasteiger partial charge in [0, 0.05) is 19.2 Å². The third-order valence-electron chi connectivity index (χ3n) is 2.52. The van der Waals surface area contributed by atoms with Gasteiger partial charge >= 0.3 is 5.69 Å². The summed E-state index contributed by atoms with van der Waals surface area (Å²) in [4.78, 5) is 21.2. The minimum atomic E-state index is -0.555. The molecule has 0 aliphatic heterocycles. The van der Waals surface area contributed by atoms with Crippen molar-refractivity contribution < 1.29 is 14.3 Å². The average molecular weight is 277 g/mol. The highest BCUT2D eigenvalue weighted by Gasteiger charge is 2.19. The van der Waals surface area contributed by atoms with Crippen molar-refractivity contribution in [2.24, 2.45) is 0 Å². The summed E-state index contributed by atoms with van der Waals surface area (Å²) in [5.74, 6) is -0.274. The Balaban J connectivity index is 2.10. The smallest absolute Gasteiger partial charge is 0.300 e. The number of nitro benzene ring substituents is 1. The summed E-state index contributed by atoms with van der Waals surface area (Å²) >= 11 is 0. The van der Waals surface area contributed by atoms with Crippen LogP contribution in [0.25, 0.3) is 11.0 Å². The Bertz CT molecular complexity index is 666. The highest BCUT2D eigenvalue weighted by Crippen LogP contribution is 2.28. The van der Waals surface area contributed by atoms with E-state index in [1.54, 1.807) is 0 Å². The first-order chi connectivity index (χ1) is 9.63. The molecule has 9 nitrogen and oxygen atoms in total. The molecule has 0 atom stereocenters. The first-order valence-electron chi connectivity index (χ1n) is 5.67. The van der Waals surface area contributed by atoms with Crippen LogP contribution in [0.4, 0.5) is 11.4 Å². The molecule has 2 rings (SSSR count). The SMILES string of the molecule is C=CC(=O)NCCNc1ccc([N+](=O)[O-])c2nonc12. The largest absolute Gasteiger partial charge is 0.381 e. The monoisotopic (exact) mass is 277 g/mol. The molecule has 2 aromatic rings. The molecule has 2 N–H and O–H groups in total. The molecule has 1 amide bonds. The molecule has 1 aromatic carbocycles. The number of nitrogens with one attached hydrogen (secondary N) is 2. The van der Waals surface area contributed by atoms with Gasteiger partial charge in [-0.2, -0.15) is 0 Å². The average Bonchev–Trinajstić information content (AvgIpc) is 2.92. The number of fused-ring (bicyclic) bond motifs is 1. The zero-order chi connectivity index (χ0) is 14.5. The zero-order valence-electron chi connectivity index (χ0n) is 10.3. The molecule has 20 heavy (non-hydrogen) atoms. The van der Waals surface area contributed by atoms with Gasteiger partial charge in [0.15, 0.2) is 5.52 Å². The van der Waals surface area contributed by atoms with Crippen LogP contribution in [0.2, 0.25) is 0 Å². The Hall–Kier alpha value is -2.97. The maximum Gasteiger partial charge on any atom is 0.300 e. The summed E-state index contributed by atoms with van der Waals surface area (Å²) in [5, 5.41) is 23.5. The number of amides is 1. The number of aromatic nitrogens is 2. The molecule has 0 aliphatic carbocycles. The summed E-state index contributed by atoms with van der Waals surface area (Å²) in [7, 11) is 0. The van der Waals surface area contributed by atoms with E-state index in [0.717, 1.165) is 0 Å². The summed E-state index contributed by atoms with van der Waals surface area (Å²) in [5.41, 5.74) is 0.718. The zero-order valence-corrected chi connectivity index (χ0v) is 10.3. The second kappa shape index (κ2) is 5.78. The van der Waals surface area contributed by atoms with Crippen molar-refractivity contribution in [2.45, 2.75) is 0 Å². The van der Waals surface area contributed by atoms with E-state index in [4.69, 9.17) is 0 Å². The fourth-order valence-corrected chi connectivity index (χ4v) is 1.60. The number of carbonyl (C=O) groups excluding carboxylic acids is 1. The van der Waals surface area contributed by atoms with E-state index in [0.29, 0.717) is 18.8 Å². The van der Waals surface area contributed by atoms with E-state index in [-0.39, 0.29) is 22.6 Å². The van der Waals surface area contributed by atoms with E-state index in [1.165, 1.54) is 18.2 Å². The molecule has 0 saturated heterocycles. The Morgan fingerprint density at radius 2 is 2.15 bits per heavy atom. The van der Waals surface area contributed by atoms with E-state index in [9.17, 15) is 14.9 Å². The molecular weight excluding hydrogens is 266 g/mol. The number of nitrogens with zero attached hydrogens (tertiary/aromatic N) is 3. The molecule has 0 unspecified atom stereocenters. The van der Waals surface area contributed by atoms with Crippen molar-refractivity contribution in [2.75, 3.05) is 18.4 Å². The highest BCUT2D eigenvalue weighted by molar-refractivity contribution is 5.93. The molecule has 1 aromatic heterocycles. The third kappa shape index (κ3) is 2.71. The summed E-state index contributed by atoms with van der Waals surface area (Å²) in [6.07, 6.45) is 1.17. The Morgan fingerprint density at radius 3 is 2.85 bits per heavy atom. The van der Waals surface area contributed by atoms with Gasteiger partial charge in [0.2, 0.25) is 11.4 Å². The van der Waals surface area contributed by atoms with Crippen LogP contribution >= 0.6 is 0 Å². The lowest BCUT2D eigenvalue weighted by Gasteiger charge is -2.06. The predicted octanol–water partition coefficient (Wildman–Crippen LogP) is 0.845. The molecule has 0 bridgehead atoms. The topological polar surface area (TPSA) is 123 Å².